The molecular formula is C32H56N4O8S. The lowest BCUT2D eigenvalue weighted by Crippen LogP contribution is -2.55. The van der Waals surface area contributed by atoms with Crippen LogP contribution in [0.1, 0.15) is 104 Å². The number of esters is 1. The lowest BCUT2D eigenvalue weighted by molar-refractivity contribution is -0.153. The van der Waals surface area contributed by atoms with E-state index in [-0.39, 0.29) is 37.0 Å². The SMILES string of the molecule is CCC[C@H](NC(=O)[C@@H]1CCCN1CCCC(=O)[C@@H](CC[C@@H]1CCCN1CC)CCS(=O)(=O)O)C(=O)N1CCC[C@H]1C(=O)OCC. The predicted molar refractivity (Wildman–Crippen MR) is 171 cm³/mol. The van der Waals surface area contributed by atoms with Crippen LogP contribution in [0, 0.1) is 5.92 Å². The van der Waals surface area contributed by atoms with Gasteiger partial charge in [0.1, 0.15) is 17.9 Å². The quantitative estimate of drug-likeness (QED) is 0.157. The number of hydrogen-bond acceptors (Lipinski definition) is 9. The van der Waals surface area contributed by atoms with Crippen LogP contribution in [0.25, 0.3) is 0 Å². The van der Waals surface area contributed by atoms with Gasteiger partial charge < -0.3 is 19.9 Å². The van der Waals surface area contributed by atoms with E-state index >= 15 is 0 Å². The second-order valence-electron chi connectivity index (χ2n) is 12.8. The first-order valence-corrected chi connectivity index (χ1v) is 18.8. The van der Waals surface area contributed by atoms with E-state index < -0.39 is 45.9 Å². The molecule has 45 heavy (non-hydrogen) atoms. The van der Waals surface area contributed by atoms with Crippen molar-refractivity contribution in [1.29, 1.82) is 0 Å². The number of hydrogen-bond donors (Lipinski definition) is 2. The fourth-order valence-electron chi connectivity index (χ4n) is 7.37. The molecule has 13 heteroatoms. The summed E-state index contributed by atoms with van der Waals surface area (Å²) in [6.45, 7) is 9.80. The molecule has 0 radical (unpaired) electrons. The fraction of sp³-hybridized carbons (Fsp3) is 0.875. The number of rotatable bonds is 19. The van der Waals surface area contributed by atoms with Crippen molar-refractivity contribution < 1.29 is 36.9 Å². The summed E-state index contributed by atoms with van der Waals surface area (Å²) < 4.78 is 37.4. The lowest BCUT2D eigenvalue weighted by atomic mass is 9.90. The molecule has 3 saturated heterocycles. The molecule has 0 aromatic carbocycles. The van der Waals surface area contributed by atoms with Gasteiger partial charge in [0.15, 0.2) is 0 Å². The van der Waals surface area contributed by atoms with Crippen molar-refractivity contribution in [2.75, 3.05) is 45.1 Å². The molecule has 0 spiro atoms. The van der Waals surface area contributed by atoms with Crippen LogP contribution in [0.2, 0.25) is 0 Å². The Morgan fingerprint density at radius 2 is 1.60 bits per heavy atom. The molecule has 3 fully saturated rings. The van der Waals surface area contributed by atoms with Crippen molar-refractivity contribution in [1.82, 2.24) is 20.0 Å². The molecule has 258 valence electrons. The van der Waals surface area contributed by atoms with Gasteiger partial charge in [0.25, 0.3) is 10.1 Å². The van der Waals surface area contributed by atoms with Gasteiger partial charge in [0, 0.05) is 24.9 Å². The second-order valence-corrected chi connectivity index (χ2v) is 14.4. The van der Waals surface area contributed by atoms with Crippen LogP contribution in [0.5, 0.6) is 0 Å². The third-order valence-electron chi connectivity index (χ3n) is 9.75. The maximum atomic E-state index is 13.5. The van der Waals surface area contributed by atoms with Crippen LogP contribution >= 0.6 is 0 Å². The molecule has 0 bridgehead atoms. The number of likely N-dealkylation sites (tertiary alicyclic amines) is 3. The van der Waals surface area contributed by atoms with E-state index in [2.05, 4.69) is 22.0 Å². The van der Waals surface area contributed by atoms with E-state index in [9.17, 15) is 32.1 Å². The Morgan fingerprint density at radius 1 is 0.911 bits per heavy atom. The number of nitrogens with zero attached hydrogens (tertiary/aromatic N) is 3. The van der Waals surface area contributed by atoms with Gasteiger partial charge in [0.05, 0.1) is 18.4 Å². The summed E-state index contributed by atoms with van der Waals surface area (Å²) in [7, 11) is -4.16. The standard InChI is InChI=1S/C32H56N4O8S/c1-4-11-26(31(39)36-22-9-14-28(36)32(40)44-6-3)33-30(38)27-13-8-20-35(27)21-10-15-29(37)24(18-23-45(41,42)43)16-17-25-12-7-19-34(25)5-2/h24-28H,4-23H2,1-3H3,(H,33,38)(H,41,42,43)/t24-,25-,26-,27-,28-/m0/s1. The molecule has 5 atom stereocenters. The van der Waals surface area contributed by atoms with Crippen molar-refractivity contribution >= 4 is 33.7 Å². The summed E-state index contributed by atoms with van der Waals surface area (Å²) in [5.74, 6) is -1.69. The first kappa shape index (κ1) is 37.4. The first-order chi connectivity index (χ1) is 21.5. The topological polar surface area (TPSA) is 154 Å². The molecular weight excluding hydrogens is 600 g/mol. The molecule has 3 heterocycles. The normalized spacial score (nSPS) is 24.1. The number of amides is 2. The number of ketones is 1. The Labute approximate surface area is 269 Å². The number of carbonyl (C=O) groups excluding carboxylic acids is 4. The Bertz CT molecular complexity index is 1100. The van der Waals surface area contributed by atoms with Crippen molar-refractivity contribution in [2.24, 2.45) is 5.92 Å². The molecule has 2 N–H and O–H groups in total. The smallest absolute Gasteiger partial charge is 0.328 e. The van der Waals surface area contributed by atoms with Gasteiger partial charge >= 0.3 is 5.97 Å². The minimum atomic E-state index is -4.16. The molecule has 0 aliphatic carbocycles. The predicted octanol–water partition coefficient (Wildman–Crippen LogP) is 2.80. The van der Waals surface area contributed by atoms with Gasteiger partial charge in [-0.2, -0.15) is 8.42 Å². The molecule has 12 nitrogen and oxygen atoms in total. The number of ether oxygens (including phenoxy) is 1. The molecule has 2 amide bonds. The van der Waals surface area contributed by atoms with Gasteiger partial charge in [-0.05, 0) is 104 Å². The van der Waals surface area contributed by atoms with Crippen LogP contribution in [0.4, 0.5) is 0 Å². The van der Waals surface area contributed by atoms with Crippen molar-refractivity contribution in [2.45, 2.75) is 128 Å². The maximum absolute atomic E-state index is 13.5. The monoisotopic (exact) mass is 656 g/mol. The van der Waals surface area contributed by atoms with E-state index in [0.29, 0.717) is 64.1 Å². The Morgan fingerprint density at radius 3 is 2.29 bits per heavy atom. The van der Waals surface area contributed by atoms with Crippen molar-refractivity contribution in [3.63, 3.8) is 0 Å². The Balaban J connectivity index is 1.54. The Hall–Kier alpha value is -2.09. The molecule has 3 aliphatic heterocycles. The van der Waals surface area contributed by atoms with Gasteiger partial charge in [-0.25, -0.2) is 4.79 Å². The summed E-state index contributed by atoms with van der Waals surface area (Å²) in [5, 5.41) is 2.98. The van der Waals surface area contributed by atoms with Gasteiger partial charge in [0.2, 0.25) is 11.8 Å². The van der Waals surface area contributed by atoms with E-state index in [4.69, 9.17) is 4.74 Å². The average Bonchev–Trinajstić information content (AvgIpc) is 3.77. The van der Waals surface area contributed by atoms with E-state index in [0.717, 1.165) is 45.3 Å². The summed E-state index contributed by atoms with van der Waals surface area (Å²) in [5.41, 5.74) is 0. The zero-order valence-electron chi connectivity index (χ0n) is 27.6. The van der Waals surface area contributed by atoms with Gasteiger partial charge in [-0.1, -0.05) is 20.3 Å². The fourth-order valence-corrected chi connectivity index (χ4v) is 7.95. The highest BCUT2D eigenvalue weighted by atomic mass is 32.2. The van der Waals surface area contributed by atoms with Gasteiger partial charge in [-0.15, -0.1) is 0 Å². The maximum Gasteiger partial charge on any atom is 0.328 e. The minimum absolute atomic E-state index is 0.00951. The first-order valence-electron chi connectivity index (χ1n) is 17.2. The minimum Gasteiger partial charge on any atom is -0.464 e. The van der Waals surface area contributed by atoms with E-state index in [1.165, 1.54) is 0 Å². The zero-order valence-corrected chi connectivity index (χ0v) is 28.4. The molecule has 3 rings (SSSR count). The highest BCUT2D eigenvalue weighted by Crippen LogP contribution is 2.26. The van der Waals surface area contributed by atoms with Gasteiger partial charge in [-0.3, -0.25) is 23.8 Å². The van der Waals surface area contributed by atoms with Crippen molar-refractivity contribution in [3.8, 4) is 0 Å². The number of nitrogens with one attached hydrogen (secondary N) is 1. The summed E-state index contributed by atoms with van der Waals surface area (Å²) in [6, 6.07) is -1.32. The van der Waals surface area contributed by atoms with Crippen LogP contribution in [0.15, 0.2) is 0 Å². The highest BCUT2D eigenvalue weighted by molar-refractivity contribution is 7.85. The molecule has 0 saturated carbocycles. The van der Waals surface area contributed by atoms with Crippen molar-refractivity contribution in [3.05, 3.63) is 0 Å². The molecule has 3 aliphatic rings. The lowest BCUT2D eigenvalue weighted by Gasteiger charge is -2.30. The largest absolute Gasteiger partial charge is 0.464 e. The third kappa shape index (κ3) is 11.3. The van der Waals surface area contributed by atoms with Crippen LogP contribution < -0.4 is 5.32 Å². The summed E-state index contributed by atoms with van der Waals surface area (Å²) >= 11 is 0. The molecule has 0 unspecified atom stereocenters. The van der Waals surface area contributed by atoms with Crippen LogP contribution in [-0.2, 0) is 34.0 Å². The third-order valence-corrected chi connectivity index (χ3v) is 10.5. The summed E-state index contributed by atoms with van der Waals surface area (Å²) in [6.07, 6.45) is 8.53. The molecule has 0 aromatic rings. The van der Waals surface area contributed by atoms with E-state index in [1.807, 2.05) is 6.92 Å². The van der Waals surface area contributed by atoms with Crippen LogP contribution in [0.3, 0.4) is 0 Å². The zero-order chi connectivity index (χ0) is 33.0. The second kappa shape index (κ2) is 18.3. The molecule has 0 aromatic heterocycles. The highest BCUT2D eigenvalue weighted by Gasteiger charge is 2.39. The Kier molecular flexibility index (Phi) is 15.2. The summed E-state index contributed by atoms with van der Waals surface area (Å²) in [4.78, 5) is 58.7. The number of carbonyl (C=O) groups is 4. The average molecular weight is 657 g/mol. The van der Waals surface area contributed by atoms with E-state index in [1.54, 1.807) is 11.8 Å². The van der Waals surface area contributed by atoms with Crippen LogP contribution in [-0.4, -0.2) is 120 Å². The number of Topliss-reactive ketones (excluding diaryl/α,β-unsaturated/α-hetero) is 1.